The van der Waals surface area contributed by atoms with Crippen LogP contribution in [-0.4, -0.2) is 12.8 Å². The molecule has 0 aliphatic rings. The number of rotatable bonds is 3. The van der Waals surface area contributed by atoms with Crippen molar-refractivity contribution in [3.63, 3.8) is 0 Å². The monoisotopic (exact) mass is 137 g/mol. The second-order valence-corrected chi connectivity index (χ2v) is 2.06. The van der Waals surface area contributed by atoms with E-state index in [9.17, 15) is 0 Å². The van der Waals surface area contributed by atoms with Gasteiger partial charge in [0.1, 0.15) is 0 Å². The van der Waals surface area contributed by atoms with E-state index in [1.165, 1.54) is 5.57 Å². The van der Waals surface area contributed by atoms with Gasteiger partial charge in [0.25, 0.3) is 0 Å². The Labute approximate surface area is 63.2 Å². The highest BCUT2D eigenvalue weighted by molar-refractivity contribution is 5.78. The maximum Gasteiger partial charge on any atom is 0.0361 e. The first-order chi connectivity index (χ1) is 4.81. The van der Waals surface area contributed by atoms with Gasteiger partial charge in [0.2, 0.25) is 0 Å². The van der Waals surface area contributed by atoms with Crippen molar-refractivity contribution in [2.45, 2.75) is 20.8 Å². The summed E-state index contributed by atoms with van der Waals surface area (Å²) in [5, 5.41) is 0. The molecule has 0 radical (unpaired) electrons. The smallest absolute Gasteiger partial charge is 0.0361 e. The molecule has 0 fully saturated rings. The number of hydrogen-bond acceptors (Lipinski definition) is 1. The fraction of sp³-hybridized carbons (Fsp3) is 0.444. The van der Waals surface area contributed by atoms with Crippen molar-refractivity contribution in [2.24, 2.45) is 4.99 Å². The second kappa shape index (κ2) is 6.27. The van der Waals surface area contributed by atoms with Crippen LogP contribution in [0.3, 0.4) is 0 Å². The fourth-order valence-electron chi connectivity index (χ4n) is 0.526. The van der Waals surface area contributed by atoms with Gasteiger partial charge in [-0.05, 0) is 26.3 Å². The molecule has 0 bridgehead atoms. The van der Waals surface area contributed by atoms with Gasteiger partial charge in [-0.15, -0.1) is 0 Å². The van der Waals surface area contributed by atoms with Gasteiger partial charge in [0, 0.05) is 12.8 Å². The molecule has 56 valence electrons. The molecule has 0 amide bonds. The molecule has 1 nitrogen and oxygen atoms in total. The van der Waals surface area contributed by atoms with Crippen molar-refractivity contribution in [2.75, 3.05) is 6.54 Å². The molecule has 0 atom stereocenters. The standard InChI is InChI=1S/C9H15N/c1-4-6-7-9(3)8-10-5-2/h4,6-8H,5H2,1-3H3/b6-4-,9-7+,10-8-. The molecular weight excluding hydrogens is 122 g/mol. The lowest BCUT2D eigenvalue weighted by Gasteiger charge is -1.85. The zero-order valence-corrected chi connectivity index (χ0v) is 6.96. The summed E-state index contributed by atoms with van der Waals surface area (Å²) >= 11 is 0. The molecular formula is C9H15N. The van der Waals surface area contributed by atoms with Crippen LogP contribution in [0.15, 0.2) is 28.8 Å². The molecule has 0 aromatic heterocycles. The van der Waals surface area contributed by atoms with E-state index in [0.29, 0.717) is 0 Å². The average molecular weight is 137 g/mol. The van der Waals surface area contributed by atoms with Crippen LogP contribution in [0.1, 0.15) is 20.8 Å². The molecule has 0 aliphatic heterocycles. The van der Waals surface area contributed by atoms with Gasteiger partial charge >= 0.3 is 0 Å². The van der Waals surface area contributed by atoms with E-state index in [1.807, 2.05) is 45.2 Å². The molecule has 1 heteroatoms. The molecule has 0 rings (SSSR count). The summed E-state index contributed by atoms with van der Waals surface area (Å²) in [6.07, 6.45) is 7.94. The third-order valence-corrected chi connectivity index (χ3v) is 1.03. The van der Waals surface area contributed by atoms with E-state index in [2.05, 4.69) is 4.99 Å². The van der Waals surface area contributed by atoms with Crippen molar-refractivity contribution in [3.8, 4) is 0 Å². The van der Waals surface area contributed by atoms with Gasteiger partial charge in [-0.3, -0.25) is 4.99 Å². The summed E-state index contributed by atoms with van der Waals surface area (Å²) in [5.74, 6) is 0. The highest BCUT2D eigenvalue weighted by atomic mass is 14.7. The summed E-state index contributed by atoms with van der Waals surface area (Å²) in [6, 6.07) is 0. The Bertz CT molecular complexity index is 152. The first-order valence-corrected chi connectivity index (χ1v) is 3.60. The predicted molar refractivity (Wildman–Crippen MR) is 47.6 cm³/mol. The maximum atomic E-state index is 4.10. The highest BCUT2D eigenvalue weighted by Gasteiger charge is 1.75. The second-order valence-electron chi connectivity index (χ2n) is 2.06. The third-order valence-electron chi connectivity index (χ3n) is 1.03. The summed E-state index contributed by atoms with van der Waals surface area (Å²) in [6.45, 7) is 6.93. The van der Waals surface area contributed by atoms with Crippen LogP contribution in [0.2, 0.25) is 0 Å². The van der Waals surface area contributed by atoms with Gasteiger partial charge in [0.15, 0.2) is 0 Å². The number of allylic oxidation sites excluding steroid dienone is 4. The molecule has 0 aromatic carbocycles. The van der Waals surface area contributed by atoms with Gasteiger partial charge in [0.05, 0.1) is 0 Å². The summed E-state index contributed by atoms with van der Waals surface area (Å²) in [5.41, 5.74) is 1.19. The topological polar surface area (TPSA) is 12.4 Å². The molecule has 0 saturated heterocycles. The molecule has 0 N–H and O–H groups in total. The quantitative estimate of drug-likeness (QED) is 0.419. The zero-order valence-electron chi connectivity index (χ0n) is 6.96. The van der Waals surface area contributed by atoms with Crippen molar-refractivity contribution in [1.29, 1.82) is 0 Å². The molecule has 0 spiro atoms. The lowest BCUT2D eigenvalue weighted by atomic mass is 10.3. The number of hydrogen-bond donors (Lipinski definition) is 0. The number of aliphatic imine (C=N–C) groups is 1. The van der Waals surface area contributed by atoms with E-state index in [-0.39, 0.29) is 0 Å². The van der Waals surface area contributed by atoms with Crippen LogP contribution in [0.25, 0.3) is 0 Å². The molecule has 0 heterocycles. The van der Waals surface area contributed by atoms with Gasteiger partial charge < -0.3 is 0 Å². The molecule has 0 aromatic rings. The van der Waals surface area contributed by atoms with Crippen molar-refractivity contribution in [1.82, 2.24) is 0 Å². The maximum absolute atomic E-state index is 4.10. The lowest BCUT2D eigenvalue weighted by molar-refractivity contribution is 1.14. The molecule has 0 unspecified atom stereocenters. The Balaban J connectivity index is 3.81. The average Bonchev–Trinajstić information content (AvgIpc) is 1.97. The first kappa shape index (κ1) is 9.15. The zero-order chi connectivity index (χ0) is 7.82. The largest absolute Gasteiger partial charge is 0.293 e. The fourth-order valence-corrected chi connectivity index (χ4v) is 0.526. The van der Waals surface area contributed by atoms with Crippen molar-refractivity contribution in [3.05, 3.63) is 23.8 Å². The molecule has 0 saturated carbocycles. The lowest BCUT2D eigenvalue weighted by Crippen LogP contribution is -1.77. The first-order valence-electron chi connectivity index (χ1n) is 3.60. The Morgan fingerprint density at radius 1 is 1.50 bits per heavy atom. The Morgan fingerprint density at radius 3 is 2.70 bits per heavy atom. The molecule has 0 aliphatic carbocycles. The SMILES string of the molecule is C\C=C/C=C(C)/C=N\CC. The van der Waals surface area contributed by atoms with Gasteiger partial charge in [-0.2, -0.15) is 0 Å². The summed E-state index contributed by atoms with van der Waals surface area (Å²) in [4.78, 5) is 4.10. The van der Waals surface area contributed by atoms with Crippen LogP contribution < -0.4 is 0 Å². The van der Waals surface area contributed by atoms with Crippen molar-refractivity contribution < 1.29 is 0 Å². The Morgan fingerprint density at radius 2 is 2.20 bits per heavy atom. The summed E-state index contributed by atoms with van der Waals surface area (Å²) in [7, 11) is 0. The van der Waals surface area contributed by atoms with Crippen LogP contribution in [0.4, 0.5) is 0 Å². The van der Waals surface area contributed by atoms with Crippen LogP contribution in [-0.2, 0) is 0 Å². The predicted octanol–water partition coefficient (Wildman–Crippen LogP) is 2.60. The minimum Gasteiger partial charge on any atom is -0.293 e. The van der Waals surface area contributed by atoms with Gasteiger partial charge in [-0.25, -0.2) is 0 Å². The van der Waals surface area contributed by atoms with E-state index < -0.39 is 0 Å². The van der Waals surface area contributed by atoms with Gasteiger partial charge in [-0.1, -0.05) is 18.2 Å². The van der Waals surface area contributed by atoms with E-state index in [1.54, 1.807) is 0 Å². The Kier molecular flexibility index (Phi) is 5.74. The van der Waals surface area contributed by atoms with E-state index in [0.717, 1.165) is 6.54 Å². The summed E-state index contributed by atoms with van der Waals surface area (Å²) < 4.78 is 0. The van der Waals surface area contributed by atoms with Crippen LogP contribution >= 0.6 is 0 Å². The Hall–Kier alpha value is -0.850. The third kappa shape index (κ3) is 5.29. The van der Waals surface area contributed by atoms with E-state index >= 15 is 0 Å². The van der Waals surface area contributed by atoms with Crippen molar-refractivity contribution >= 4 is 6.21 Å². The van der Waals surface area contributed by atoms with Crippen LogP contribution in [0, 0.1) is 0 Å². The minimum absolute atomic E-state index is 0.862. The number of nitrogens with zero attached hydrogens (tertiary/aromatic N) is 1. The van der Waals surface area contributed by atoms with Crippen LogP contribution in [0.5, 0.6) is 0 Å². The molecule has 10 heavy (non-hydrogen) atoms. The normalized spacial score (nSPS) is 13.7. The van der Waals surface area contributed by atoms with E-state index in [4.69, 9.17) is 0 Å². The highest BCUT2D eigenvalue weighted by Crippen LogP contribution is 1.88. The minimum atomic E-state index is 0.862.